The summed E-state index contributed by atoms with van der Waals surface area (Å²) in [5.41, 5.74) is 1.62. The lowest BCUT2D eigenvalue weighted by atomic mass is 10.2. The van der Waals surface area contributed by atoms with E-state index in [0.29, 0.717) is 36.7 Å². The third-order valence-electron chi connectivity index (χ3n) is 5.01. The second-order valence-corrected chi connectivity index (χ2v) is 9.20. The molecule has 1 aromatic heterocycles. The number of esters is 1. The van der Waals surface area contributed by atoms with Crippen LogP contribution in [-0.4, -0.2) is 31.5 Å². The van der Waals surface area contributed by atoms with Crippen molar-refractivity contribution in [1.29, 1.82) is 0 Å². The Balaban J connectivity index is 1.37. The Hall–Kier alpha value is -3.62. The zero-order valence-corrected chi connectivity index (χ0v) is 18.9. The van der Waals surface area contributed by atoms with Crippen molar-refractivity contribution >= 4 is 26.9 Å². The van der Waals surface area contributed by atoms with Crippen LogP contribution < -0.4 is 14.8 Å². The van der Waals surface area contributed by atoms with E-state index in [4.69, 9.17) is 9.47 Å². The van der Waals surface area contributed by atoms with Gasteiger partial charge in [-0.25, -0.2) is 12.4 Å². The van der Waals surface area contributed by atoms with Crippen LogP contribution in [0.3, 0.4) is 0 Å². The van der Waals surface area contributed by atoms with Gasteiger partial charge < -0.3 is 14.8 Å². The van der Waals surface area contributed by atoms with Crippen LogP contribution >= 0.6 is 0 Å². The maximum Gasteiger partial charge on any atom is 0.308 e. The zero-order valence-electron chi connectivity index (χ0n) is 18.1. The standard InChI is InChI=1S/C25H24N2O5S/c1-19(28)32-21-12-10-20(11-13-21)18-26-15-17-31-25-9-5-8-24-23(25)14-16-27(24)33(29,30)22-6-3-2-4-7-22/h2-14,16,26H,15,17-18H2,1H3. The third-order valence-corrected chi connectivity index (χ3v) is 6.71. The van der Waals surface area contributed by atoms with Gasteiger partial charge in [-0.2, -0.15) is 0 Å². The van der Waals surface area contributed by atoms with E-state index in [1.165, 1.54) is 10.9 Å². The van der Waals surface area contributed by atoms with E-state index >= 15 is 0 Å². The Morgan fingerprint density at radius 2 is 1.70 bits per heavy atom. The molecule has 33 heavy (non-hydrogen) atoms. The third kappa shape index (κ3) is 5.24. The monoisotopic (exact) mass is 464 g/mol. The molecular weight excluding hydrogens is 440 g/mol. The van der Waals surface area contributed by atoms with Crippen LogP contribution in [0.4, 0.5) is 0 Å². The molecular formula is C25H24N2O5S. The Morgan fingerprint density at radius 3 is 2.42 bits per heavy atom. The van der Waals surface area contributed by atoms with Crippen LogP contribution in [0.1, 0.15) is 12.5 Å². The Labute approximate surface area is 192 Å². The topological polar surface area (TPSA) is 86.6 Å². The highest BCUT2D eigenvalue weighted by Crippen LogP contribution is 2.29. The normalized spacial score (nSPS) is 11.4. The number of hydrogen-bond donors (Lipinski definition) is 1. The SMILES string of the molecule is CC(=O)Oc1ccc(CNCCOc2cccc3c2ccn3S(=O)(=O)c2ccccc2)cc1. The Morgan fingerprint density at radius 1 is 0.939 bits per heavy atom. The number of carbonyl (C=O) groups is 1. The molecule has 0 radical (unpaired) electrons. The highest BCUT2D eigenvalue weighted by molar-refractivity contribution is 7.90. The van der Waals surface area contributed by atoms with E-state index in [2.05, 4.69) is 5.32 Å². The summed E-state index contributed by atoms with van der Waals surface area (Å²) in [7, 11) is -3.69. The molecule has 7 nitrogen and oxygen atoms in total. The second kappa shape index (κ2) is 9.89. The van der Waals surface area contributed by atoms with Gasteiger partial charge >= 0.3 is 5.97 Å². The number of ether oxygens (including phenoxy) is 2. The highest BCUT2D eigenvalue weighted by atomic mass is 32.2. The van der Waals surface area contributed by atoms with Gasteiger partial charge in [0.15, 0.2) is 0 Å². The molecule has 0 aliphatic rings. The van der Waals surface area contributed by atoms with Crippen molar-refractivity contribution < 1.29 is 22.7 Å². The molecule has 0 saturated heterocycles. The molecule has 0 saturated carbocycles. The molecule has 0 spiro atoms. The number of rotatable bonds is 9. The van der Waals surface area contributed by atoms with Crippen molar-refractivity contribution in [2.24, 2.45) is 0 Å². The van der Waals surface area contributed by atoms with Gasteiger partial charge in [-0.1, -0.05) is 36.4 Å². The van der Waals surface area contributed by atoms with Crippen LogP contribution in [0.15, 0.2) is 90.0 Å². The van der Waals surface area contributed by atoms with E-state index in [-0.39, 0.29) is 10.9 Å². The van der Waals surface area contributed by atoms with Gasteiger partial charge in [0.1, 0.15) is 18.1 Å². The minimum absolute atomic E-state index is 0.235. The van der Waals surface area contributed by atoms with Crippen molar-refractivity contribution in [3.63, 3.8) is 0 Å². The molecule has 0 amide bonds. The van der Waals surface area contributed by atoms with E-state index in [9.17, 15) is 13.2 Å². The quantitative estimate of drug-likeness (QED) is 0.229. The fourth-order valence-corrected chi connectivity index (χ4v) is 4.83. The second-order valence-electron chi connectivity index (χ2n) is 7.38. The summed E-state index contributed by atoms with van der Waals surface area (Å²) in [6, 6.07) is 22.8. The van der Waals surface area contributed by atoms with Crippen molar-refractivity contribution in [3.8, 4) is 11.5 Å². The maximum atomic E-state index is 13.0. The van der Waals surface area contributed by atoms with Crippen LogP contribution in [0.2, 0.25) is 0 Å². The maximum absolute atomic E-state index is 13.0. The summed E-state index contributed by atoms with van der Waals surface area (Å²) >= 11 is 0. The number of benzene rings is 3. The van der Waals surface area contributed by atoms with Gasteiger partial charge in [0.2, 0.25) is 0 Å². The first-order valence-corrected chi connectivity index (χ1v) is 11.9. The number of nitrogens with one attached hydrogen (secondary N) is 1. The van der Waals surface area contributed by atoms with Gasteiger partial charge in [-0.3, -0.25) is 4.79 Å². The molecule has 0 atom stereocenters. The highest BCUT2D eigenvalue weighted by Gasteiger charge is 2.19. The summed E-state index contributed by atoms with van der Waals surface area (Å²) in [6.07, 6.45) is 1.55. The first-order chi connectivity index (χ1) is 15.9. The van der Waals surface area contributed by atoms with Gasteiger partial charge in [0.05, 0.1) is 10.4 Å². The summed E-state index contributed by atoms with van der Waals surface area (Å²) in [5, 5.41) is 4.03. The van der Waals surface area contributed by atoms with Gasteiger partial charge in [-0.15, -0.1) is 0 Å². The number of nitrogens with zero attached hydrogens (tertiary/aromatic N) is 1. The molecule has 170 valence electrons. The minimum Gasteiger partial charge on any atom is -0.492 e. The average molecular weight is 465 g/mol. The largest absolute Gasteiger partial charge is 0.492 e. The van der Waals surface area contributed by atoms with Crippen LogP contribution in [0.5, 0.6) is 11.5 Å². The van der Waals surface area contributed by atoms with E-state index in [1.807, 2.05) is 18.2 Å². The molecule has 1 heterocycles. The van der Waals surface area contributed by atoms with Crippen LogP contribution in [0, 0.1) is 0 Å². The van der Waals surface area contributed by atoms with Crippen molar-refractivity contribution in [3.05, 3.63) is 90.6 Å². The van der Waals surface area contributed by atoms with E-state index in [0.717, 1.165) is 10.9 Å². The molecule has 3 aromatic carbocycles. The number of hydrogen-bond acceptors (Lipinski definition) is 6. The molecule has 0 fully saturated rings. The lowest BCUT2D eigenvalue weighted by molar-refractivity contribution is -0.131. The molecule has 0 bridgehead atoms. The van der Waals surface area contributed by atoms with Crippen LogP contribution in [-0.2, 0) is 21.4 Å². The molecule has 4 aromatic rings. The predicted molar refractivity (Wildman–Crippen MR) is 126 cm³/mol. The predicted octanol–water partition coefficient (Wildman–Crippen LogP) is 3.97. The minimum atomic E-state index is -3.69. The molecule has 0 aliphatic carbocycles. The summed E-state index contributed by atoms with van der Waals surface area (Å²) < 4.78 is 38.3. The fourth-order valence-electron chi connectivity index (χ4n) is 3.46. The Kier molecular flexibility index (Phi) is 6.76. The fraction of sp³-hybridized carbons (Fsp3) is 0.160. The lowest BCUT2D eigenvalue weighted by Gasteiger charge is -2.11. The first kappa shape index (κ1) is 22.6. The van der Waals surface area contributed by atoms with Crippen molar-refractivity contribution in [2.45, 2.75) is 18.4 Å². The van der Waals surface area contributed by atoms with Crippen molar-refractivity contribution in [1.82, 2.24) is 9.29 Å². The average Bonchev–Trinajstić information content (AvgIpc) is 3.26. The summed E-state index contributed by atoms with van der Waals surface area (Å²) in [6.45, 7) is 3.03. The number of carbonyl (C=O) groups excluding carboxylic acids is 1. The van der Waals surface area contributed by atoms with E-state index in [1.54, 1.807) is 66.9 Å². The molecule has 4 rings (SSSR count). The number of fused-ring (bicyclic) bond motifs is 1. The van der Waals surface area contributed by atoms with Gasteiger partial charge in [0, 0.05) is 31.6 Å². The first-order valence-electron chi connectivity index (χ1n) is 10.5. The van der Waals surface area contributed by atoms with Crippen LogP contribution in [0.25, 0.3) is 10.9 Å². The Bertz CT molecular complexity index is 1350. The van der Waals surface area contributed by atoms with Crippen molar-refractivity contribution in [2.75, 3.05) is 13.2 Å². The lowest BCUT2D eigenvalue weighted by Crippen LogP contribution is -2.20. The van der Waals surface area contributed by atoms with Gasteiger partial charge in [0.25, 0.3) is 10.0 Å². The summed E-state index contributed by atoms with van der Waals surface area (Å²) in [4.78, 5) is 11.2. The molecule has 0 aliphatic heterocycles. The smallest absolute Gasteiger partial charge is 0.308 e. The zero-order chi connectivity index (χ0) is 23.3. The van der Waals surface area contributed by atoms with Gasteiger partial charge in [-0.05, 0) is 48.0 Å². The molecule has 1 N–H and O–H groups in total. The summed E-state index contributed by atoms with van der Waals surface area (Å²) in [5.74, 6) is 0.798. The molecule has 0 unspecified atom stereocenters. The van der Waals surface area contributed by atoms with E-state index < -0.39 is 10.0 Å². The molecule has 8 heteroatoms. The number of aromatic nitrogens is 1.